The van der Waals surface area contributed by atoms with E-state index in [2.05, 4.69) is 30.2 Å². The Morgan fingerprint density at radius 1 is 0.286 bits per heavy atom. The van der Waals surface area contributed by atoms with Crippen LogP contribution in [0, 0.1) is 0 Å². The van der Waals surface area contributed by atoms with Crippen molar-refractivity contribution in [3.05, 3.63) is 0 Å². The summed E-state index contributed by atoms with van der Waals surface area (Å²) >= 11 is 0. The van der Waals surface area contributed by atoms with E-state index in [4.69, 9.17) is 34.3 Å². The molecule has 0 amide bonds. The van der Waals surface area contributed by atoms with Crippen LogP contribution < -0.4 is 0 Å². The maximum absolute atomic E-state index is 11.4. The van der Waals surface area contributed by atoms with E-state index in [0.29, 0.717) is 0 Å². The fourth-order valence-electron chi connectivity index (χ4n) is 1.02. The third-order valence-electron chi connectivity index (χ3n) is 1.44. The van der Waals surface area contributed by atoms with Crippen molar-refractivity contribution < 1.29 is 96.4 Å². The van der Waals surface area contributed by atoms with Crippen LogP contribution >= 0.6 is 54.8 Å². The summed E-state index contributed by atoms with van der Waals surface area (Å²) in [6.45, 7) is 0. The minimum Gasteiger partial charge on any atom is -0.302 e. The Bertz CT molecular complexity index is 688. The second kappa shape index (κ2) is 8.19. The van der Waals surface area contributed by atoms with Crippen molar-refractivity contribution in [1.29, 1.82) is 0 Å². The molecule has 0 atom stereocenters. The lowest BCUT2D eigenvalue weighted by Gasteiger charge is -2.23. The summed E-state index contributed by atoms with van der Waals surface area (Å²) in [5.74, 6) is 0. The van der Waals surface area contributed by atoms with Gasteiger partial charge in [0.15, 0.2) is 0 Å². The van der Waals surface area contributed by atoms with E-state index in [9.17, 15) is 32.0 Å². The number of hydrogen-bond donors (Lipinski definition) is 7. The van der Waals surface area contributed by atoms with Gasteiger partial charge in [-0.1, -0.05) is 0 Å². The van der Waals surface area contributed by atoms with Gasteiger partial charge in [0.1, 0.15) is 0 Å². The predicted molar refractivity (Wildman–Crippen MR) is 76.4 cm³/mol. The molecule has 0 spiro atoms. The molecule has 168 valence electrons. The number of phosphoric acid groups is 7. The number of rotatable bonds is 0. The van der Waals surface area contributed by atoms with Crippen molar-refractivity contribution in [2.24, 2.45) is 0 Å². The Balaban J connectivity index is 3.49. The van der Waals surface area contributed by atoms with Crippen LogP contribution in [0.1, 0.15) is 0 Å². The van der Waals surface area contributed by atoms with E-state index >= 15 is 0 Å². The van der Waals surface area contributed by atoms with Crippen molar-refractivity contribution in [3.8, 4) is 0 Å². The quantitative estimate of drug-likeness (QED) is 0.202. The maximum atomic E-state index is 11.4. The molecule has 0 radical (unpaired) electrons. The Morgan fingerprint density at radius 3 is 0.429 bits per heavy atom. The van der Waals surface area contributed by atoms with Crippen molar-refractivity contribution in [2.75, 3.05) is 0 Å². The van der Waals surface area contributed by atoms with E-state index in [0.717, 1.165) is 0 Å². The van der Waals surface area contributed by atoms with E-state index < -0.39 is 54.8 Å². The first-order chi connectivity index (χ1) is 11.9. The highest BCUT2D eigenvalue weighted by atomic mass is 31.3. The first-order valence-electron chi connectivity index (χ1n) is 5.23. The van der Waals surface area contributed by atoms with Crippen molar-refractivity contribution in [1.82, 2.24) is 0 Å². The highest BCUT2D eigenvalue weighted by molar-refractivity contribution is 7.75. The second-order valence-corrected chi connectivity index (χ2v) is 15.0. The van der Waals surface area contributed by atoms with E-state index in [1.165, 1.54) is 0 Å². The minimum absolute atomic E-state index is 3.24. The molecule has 1 aliphatic heterocycles. The van der Waals surface area contributed by atoms with E-state index in [-0.39, 0.29) is 0 Å². The molecule has 0 aromatic carbocycles. The van der Waals surface area contributed by atoms with Gasteiger partial charge in [0.05, 0.1) is 0 Å². The Labute approximate surface area is 152 Å². The van der Waals surface area contributed by atoms with Crippen LogP contribution in [0.25, 0.3) is 0 Å². The molecule has 0 unspecified atom stereocenters. The molecule has 0 aromatic rings. The maximum Gasteiger partial charge on any atom is 0.490 e. The molecule has 28 heavy (non-hydrogen) atoms. The second-order valence-electron chi connectivity index (χ2n) is 3.85. The molecule has 21 nitrogen and oxygen atoms in total. The van der Waals surface area contributed by atoms with Gasteiger partial charge in [-0.15, -0.1) is 0 Å². The lowest BCUT2D eigenvalue weighted by atomic mass is 15.7. The molecule has 28 heteroatoms. The predicted octanol–water partition coefficient (Wildman–Crippen LogP) is 0.819. The summed E-state index contributed by atoms with van der Waals surface area (Å²) in [6, 6.07) is 0. The summed E-state index contributed by atoms with van der Waals surface area (Å²) in [4.78, 5) is 63.2. The van der Waals surface area contributed by atoms with Gasteiger partial charge in [-0.2, -0.15) is 30.2 Å². The third-order valence-corrected chi connectivity index (χ3v) is 13.0. The zero-order valence-corrected chi connectivity index (χ0v) is 18.2. The van der Waals surface area contributed by atoms with Crippen molar-refractivity contribution >= 4 is 54.8 Å². The zero-order chi connectivity index (χ0) is 22.4. The van der Waals surface area contributed by atoms with Gasteiger partial charge < -0.3 is 34.3 Å². The first kappa shape index (κ1) is 27.1. The zero-order valence-electron chi connectivity index (χ0n) is 12.0. The van der Waals surface area contributed by atoms with Crippen molar-refractivity contribution in [3.63, 3.8) is 0 Å². The van der Waals surface area contributed by atoms with Gasteiger partial charge in [0, 0.05) is 0 Å². The molecule has 1 fully saturated rings. The van der Waals surface area contributed by atoms with Gasteiger partial charge in [-0.3, -0.25) is 0 Å². The Morgan fingerprint density at radius 2 is 0.357 bits per heavy atom. The highest BCUT2D eigenvalue weighted by Gasteiger charge is 2.53. The smallest absolute Gasteiger partial charge is 0.302 e. The normalized spacial score (nSPS) is 55.2. The van der Waals surface area contributed by atoms with Crippen LogP contribution in [0.5, 0.6) is 0 Å². The molecule has 1 saturated heterocycles. The summed E-state index contributed by atoms with van der Waals surface area (Å²) < 4.78 is 102. The lowest BCUT2D eigenvalue weighted by molar-refractivity contribution is 0.170. The molecule has 0 bridgehead atoms. The Kier molecular flexibility index (Phi) is 7.93. The van der Waals surface area contributed by atoms with Crippen molar-refractivity contribution in [2.45, 2.75) is 0 Å². The summed E-state index contributed by atoms with van der Waals surface area (Å²) in [6.07, 6.45) is 0. The molecular weight excluding hydrogens is 553 g/mol. The van der Waals surface area contributed by atoms with Gasteiger partial charge >= 0.3 is 54.8 Å². The Hall–Kier alpha value is 1.05. The monoisotopic (exact) mass is 560 g/mol. The fourth-order valence-corrected chi connectivity index (χ4v) is 11.0. The van der Waals surface area contributed by atoms with E-state index in [1.54, 1.807) is 0 Å². The van der Waals surface area contributed by atoms with Crippen LogP contribution in [0.2, 0.25) is 0 Å². The molecule has 1 heterocycles. The fraction of sp³-hybridized carbons (Fsp3) is 0. The number of hydrogen-bond acceptors (Lipinski definition) is 14. The van der Waals surface area contributed by atoms with E-state index in [1.807, 2.05) is 0 Å². The topological polar surface area (TPSA) is 326 Å². The third kappa shape index (κ3) is 9.90. The standard InChI is InChI=1S/H7O21P7/c1-22(2)15-23(3,4)17-25(7,8)19-27(11,12)21-28(13,14)20-26(9,10)18-24(5,6)16-22/h(H,1,2)(H,3,4)(H,5,6)(H,7,8)(H,9,10)(H,11,12)(H,13,14). The molecular formula is H7O21P7. The minimum atomic E-state index is -6.33. The van der Waals surface area contributed by atoms with Gasteiger partial charge in [0.2, 0.25) is 0 Å². The van der Waals surface area contributed by atoms with Gasteiger partial charge in [-0.25, -0.2) is 32.0 Å². The van der Waals surface area contributed by atoms with Crippen LogP contribution in [0.15, 0.2) is 0 Å². The molecule has 0 aliphatic carbocycles. The molecule has 0 aromatic heterocycles. The summed E-state index contributed by atoms with van der Waals surface area (Å²) in [5.41, 5.74) is 0. The molecule has 0 saturated carbocycles. The highest BCUT2D eigenvalue weighted by Crippen LogP contribution is 2.79. The first-order valence-corrected chi connectivity index (χ1v) is 15.7. The average Bonchev–Trinajstić information content (AvgIpc) is 2.10. The van der Waals surface area contributed by atoms with Gasteiger partial charge in [-0.05, 0) is 0 Å². The van der Waals surface area contributed by atoms with Gasteiger partial charge in [0.25, 0.3) is 0 Å². The molecule has 1 aliphatic rings. The van der Waals surface area contributed by atoms with Crippen LogP contribution in [0.3, 0.4) is 0 Å². The largest absolute Gasteiger partial charge is 0.490 e. The molecule has 1 rings (SSSR count). The summed E-state index contributed by atoms with van der Waals surface area (Å²) in [5, 5.41) is 0. The van der Waals surface area contributed by atoms with Crippen LogP contribution in [-0.4, -0.2) is 34.3 Å². The lowest BCUT2D eigenvalue weighted by Crippen LogP contribution is -2.02. The average molecular weight is 560 g/mol. The van der Waals surface area contributed by atoms with Crippen LogP contribution in [-0.2, 0) is 62.1 Å². The molecule has 7 N–H and O–H groups in total. The van der Waals surface area contributed by atoms with Crippen LogP contribution in [0.4, 0.5) is 0 Å². The summed E-state index contributed by atoms with van der Waals surface area (Å²) in [7, 11) is -44.3. The SMILES string of the molecule is O=P1(O)OP(=O)(O)OP(=O)(O)OP(=O)(O)OP(=O)(O)OP(=O)(O)OP(=O)(O)O1.